The lowest BCUT2D eigenvalue weighted by Gasteiger charge is -2.33. The van der Waals surface area contributed by atoms with Gasteiger partial charge in [0.2, 0.25) is 11.8 Å². The van der Waals surface area contributed by atoms with Gasteiger partial charge in [0.05, 0.1) is 18.2 Å². The summed E-state index contributed by atoms with van der Waals surface area (Å²) in [5, 5.41) is 11.1. The van der Waals surface area contributed by atoms with E-state index in [4.69, 9.17) is 9.47 Å². The molecule has 34 heavy (non-hydrogen) atoms. The predicted octanol–water partition coefficient (Wildman–Crippen LogP) is 2.08. The van der Waals surface area contributed by atoms with E-state index in [9.17, 15) is 14.0 Å². The van der Waals surface area contributed by atoms with Crippen molar-refractivity contribution in [3.63, 3.8) is 0 Å². The summed E-state index contributed by atoms with van der Waals surface area (Å²) in [5.41, 5.74) is 1.90. The zero-order valence-electron chi connectivity index (χ0n) is 19.0. The van der Waals surface area contributed by atoms with Gasteiger partial charge >= 0.3 is 0 Å². The van der Waals surface area contributed by atoms with Gasteiger partial charge < -0.3 is 19.7 Å². The molecule has 0 radical (unpaired) electrons. The summed E-state index contributed by atoms with van der Waals surface area (Å²) >= 11 is 0. The maximum absolute atomic E-state index is 13.7. The molecular weight excluding hydrogens is 441 g/mol. The third kappa shape index (κ3) is 5.57. The van der Waals surface area contributed by atoms with Crippen molar-refractivity contribution in [2.75, 3.05) is 33.4 Å². The van der Waals surface area contributed by atoms with Crippen molar-refractivity contribution in [2.45, 2.75) is 31.5 Å². The number of aromatic nitrogens is 3. The normalized spacial score (nSPS) is 16.5. The second-order valence-corrected chi connectivity index (χ2v) is 8.15. The molecule has 1 aromatic heterocycles. The van der Waals surface area contributed by atoms with Crippen LogP contribution >= 0.6 is 0 Å². The summed E-state index contributed by atoms with van der Waals surface area (Å²) < 4.78 is 26.0. The Hall–Kier alpha value is -3.37. The zero-order chi connectivity index (χ0) is 23.9. The van der Waals surface area contributed by atoms with Gasteiger partial charge in [-0.3, -0.25) is 9.59 Å². The molecule has 0 saturated carbocycles. The highest BCUT2D eigenvalue weighted by molar-refractivity contribution is 5.89. The first-order chi connectivity index (χ1) is 16.6. The third-order valence-electron chi connectivity index (χ3n) is 5.80. The monoisotopic (exact) mass is 469 g/mol. The number of halogens is 1. The van der Waals surface area contributed by atoms with Gasteiger partial charge in [0.25, 0.3) is 0 Å². The van der Waals surface area contributed by atoms with Crippen LogP contribution in [0.2, 0.25) is 0 Å². The molecule has 3 aromatic rings. The van der Waals surface area contributed by atoms with E-state index in [0.29, 0.717) is 24.3 Å². The lowest BCUT2D eigenvalue weighted by molar-refractivity contribution is -0.143. The van der Waals surface area contributed by atoms with Crippen LogP contribution in [0.5, 0.6) is 0 Å². The second kappa shape index (κ2) is 11.2. The number of carbonyl (C=O) groups excluding carboxylic acids is 2. The van der Waals surface area contributed by atoms with E-state index >= 15 is 0 Å². The van der Waals surface area contributed by atoms with Crippen molar-refractivity contribution in [3.8, 4) is 0 Å². The van der Waals surface area contributed by atoms with Crippen LogP contribution in [0, 0.1) is 5.82 Å². The maximum atomic E-state index is 13.7. The molecule has 0 spiro atoms. The number of para-hydroxylation sites is 1. The molecule has 2 amide bonds. The minimum Gasteiger partial charge on any atom is -0.383 e. The Bertz CT molecular complexity index is 1110. The number of fused-ring (bicyclic) bond motifs is 1. The fourth-order valence-corrected chi connectivity index (χ4v) is 4.10. The van der Waals surface area contributed by atoms with Crippen LogP contribution in [-0.2, 0) is 25.6 Å². The number of amides is 2. The molecule has 180 valence electrons. The molecule has 2 atom stereocenters. The lowest BCUT2D eigenvalue weighted by Crippen LogP contribution is -2.48. The van der Waals surface area contributed by atoms with Crippen LogP contribution in [0.4, 0.5) is 4.39 Å². The minimum atomic E-state index is -0.969. The molecule has 10 heteroatoms. The molecule has 9 nitrogen and oxygen atoms in total. The van der Waals surface area contributed by atoms with Crippen LogP contribution in [0.15, 0.2) is 48.5 Å². The van der Waals surface area contributed by atoms with Crippen molar-refractivity contribution in [2.24, 2.45) is 0 Å². The molecule has 1 fully saturated rings. The van der Waals surface area contributed by atoms with Gasteiger partial charge in [-0.2, -0.15) is 0 Å². The van der Waals surface area contributed by atoms with E-state index in [-0.39, 0.29) is 37.6 Å². The quantitative estimate of drug-likeness (QED) is 0.457. The first kappa shape index (κ1) is 23.8. The number of benzene rings is 2. The Morgan fingerprint density at radius 2 is 2.06 bits per heavy atom. The van der Waals surface area contributed by atoms with Gasteiger partial charge in [0, 0.05) is 26.8 Å². The molecule has 2 heterocycles. The topological polar surface area (TPSA) is 98.6 Å². The Kier molecular flexibility index (Phi) is 7.81. The Balaban J connectivity index is 1.66. The van der Waals surface area contributed by atoms with Crippen molar-refractivity contribution < 1.29 is 23.5 Å². The Morgan fingerprint density at radius 1 is 1.26 bits per heavy atom. The van der Waals surface area contributed by atoms with Gasteiger partial charge in [-0.1, -0.05) is 29.5 Å². The highest BCUT2D eigenvalue weighted by atomic mass is 19.1. The Labute approximate surface area is 196 Å². The summed E-state index contributed by atoms with van der Waals surface area (Å²) in [5.74, 6) is -1.12. The zero-order valence-corrected chi connectivity index (χ0v) is 19.0. The number of carbonyl (C=O) groups is 2. The standard InChI is InChI=1S/C24H28FN5O4/c1-33-14-12-26-24(32)23(17-8-10-18(25)11-9-17)29(15-19-5-4-13-34-19)22(31)16-30-21-7-3-2-6-20(21)27-28-30/h2-3,6-11,19,23H,4-5,12-16H2,1H3,(H,26,32)/t19-,23-/m1/s1. The average Bonchev–Trinajstić information content (AvgIpc) is 3.50. The first-order valence-corrected chi connectivity index (χ1v) is 11.3. The summed E-state index contributed by atoms with van der Waals surface area (Å²) in [4.78, 5) is 28.5. The Morgan fingerprint density at radius 3 is 2.79 bits per heavy atom. The number of hydrogen-bond donors (Lipinski definition) is 1. The van der Waals surface area contributed by atoms with Crippen LogP contribution in [0.3, 0.4) is 0 Å². The molecule has 1 aliphatic rings. The molecule has 0 bridgehead atoms. The predicted molar refractivity (Wildman–Crippen MR) is 122 cm³/mol. The van der Waals surface area contributed by atoms with Crippen molar-refractivity contribution in [3.05, 3.63) is 59.9 Å². The molecule has 1 aliphatic heterocycles. The number of nitrogens with one attached hydrogen (secondary N) is 1. The lowest BCUT2D eigenvalue weighted by atomic mass is 10.0. The molecule has 4 rings (SSSR count). The van der Waals surface area contributed by atoms with Gasteiger partial charge in [0.1, 0.15) is 23.9 Å². The summed E-state index contributed by atoms with van der Waals surface area (Å²) in [6, 6.07) is 12.0. The van der Waals surface area contributed by atoms with Gasteiger partial charge in [-0.15, -0.1) is 5.10 Å². The summed E-state index contributed by atoms with van der Waals surface area (Å²) in [7, 11) is 1.54. The largest absolute Gasteiger partial charge is 0.383 e. The van der Waals surface area contributed by atoms with Gasteiger partial charge in [-0.05, 0) is 42.7 Å². The van der Waals surface area contributed by atoms with Crippen LogP contribution in [0.25, 0.3) is 11.0 Å². The summed E-state index contributed by atoms with van der Waals surface area (Å²) in [6.07, 6.45) is 1.49. The SMILES string of the molecule is COCCNC(=O)[C@@H](c1ccc(F)cc1)N(C[C@H]1CCCO1)C(=O)Cn1nnc2ccccc21. The maximum Gasteiger partial charge on any atom is 0.247 e. The van der Waals surface area contributed by atoms with Gasteiger partial charge in [0.15, 0.2) is 0 Å². The first-order valence-electron chi connectivity index (χ1n) is 11.3. The molecule has 1 N–H and O–H groups in total. The van der Waals surface area contributed by atoms with Crippen LogP contribution in [-0.4, -0.2) is 71.2 Å². The average molecular weight is 470 g/mol. The molecule has 0 unspecified atom stereocenters. The highest BCUT2D eigenvalue weighted by Crippen LogP contribution is 2.25. The number of nitrogens with zero attached hydrogens (tertiary/aromatic N) is 4. The van der Waals surface area contributed by atoms with E-state index in [2.05, 4.69) is 15.6 Å². The number of hydrogen-bond acceptors (Lipinski definition) is 6. The van der Waals surface area contributed by atoms with E-state index < -0.39 is 11.9 Å². The third-order valence-corrected chi connectivity index (χ3v) is 5.80. The number of methoxy groups -OCH3 is 1. The van der Waals surface area contributed by atoms with E-state index in [1.54, 1.807) is 7.11 Å². The van der Waals surface area contributed by atoms with E-state index in [1.165, 1.54) is 33.8 Å². The number of ether oxygens (including phenoxy) is 2. The fourth-order valence-electron chi connectivity index (χ4n) is 4.10. The second-order valence-electron chi connectivity index (χ2n) is 8.15. The number of rotatable bonds is 10. The smallest absolute Gasteiger partial charge is 0.247 e. The fraction of sp³-hybridized carbons (Fsp3) is 0.417. The van der Waals surface area contributed by atoms with Crippen molar-refractivity contribution in [1.82, 2.24) is 25.2 Å². The van der Waals surface area contributed by atoms with Crippen molar-refractivity contribution >= 4 is 22.8 Å². The highest BCUT2D eigenvalue weighted by Gasteiger charge is 2.34. The summed E-state index contributed by atoms with van der Waals surface area (Å²) in [6.45, 7) is 1.35. The molecule has 1 saturated heterocycles. The van der Waals surface area contributed by atoms with E-state index in [1.807, 2.05) is 24.3 Å². The van der Waals surface area contributed by atoms with E-state index in [0.717, 1.165) is 18.4 Å². The molecule has 0 aliphatic carbocycles. The minimum absolute atomic E-state index is 0.101. The van der Waals surface area contributed by atoms with Crippen molar-refractivity contribution in [1.29, 1.82) is 0 Å². The van der Waals surface area contributed by atoms with Crippen LogP contribution < -0.4 is 5.32 Å². The van der Waals surface area contributed by atoms with Crippen LogP contribution in [0.1, 0.15) is 24.4 Å². The molecule has 2 aromatic carbocycles. The molecular formula is C24H28FN5O4. The van der Waals surface area contributed by atoms with Gasteiger partial charge in [-0.25, -0.2) is 9.07 Å².